The van der Waals surface area contributed by atoms with Gasteiger partial charge in [-0.05, 0) is 38.3 Å². The Bertz CT molecular complexity index is 678. The fourth-order valence-electron chi connectivity index (χ4n) is 2.68. The first-order chi connectivity index (χ1) is 9.85. The Balaban J connectivity index is 2.37. The van der Waals surface area contributed by atoms with Crippen LogP contribution in [0, 0.1) is 20.8 Å². The number of aromatic nitrogens is 2. The van der Waals surface area contributed by atoms with Gasteiger partial charge in [0.1, 0.15) is 5.69 Å². The molecule has 0 saturated heterocycles. The van der Waals surface area contributed by atoms with Gasteiger partial charge in [-0.15, -0.1) is 0 Å². The fourth-order valence-corrected chi connectivity index (χ4v) is 2.68. The maximum Gasteiger partial charge on any atom is 0.276 e. The van der Waals surface area contributed by atoms with Gasteiger partial charge in [-0.2, -0.15) is 5.10 Å². The molecule has 2 aromatic rings. The van der Waals surface area contributed by atoms with Crippen molar-refractivity contribution in [1.82, 2.24) is 9.78 Å². The van der Waals surface area contributed by atoms with Crippen LogP contribution in [-0.4, -0.2) is 15.7 Å². The van der Waals surface area contributed by atoms with Gasteiger partial charge in [-0.3, -0.25) is 9.48 Å². The number of carbonyl (C=O) groups excluding carboxylic acids is 1. The van der Waals surface area contributed by atoms with Crippen molar-refractivity contribution in [3.8, 4) is 0 Å². The summed E-state index contributed by atoms with van der Waals surface area (Å²) in [5.74, 6) is -0.225. The third kappa shape index (κ3) is 2.77. The average Bonchev–Trinajstić information content (AvgIpc) is 2.68. The number of benzene rings is 1. The number of nitrogens with zero attached hydrogens (tertiary/aromatic N) is 2. The molecule has 3 N–H and O–H groups in total. The molecule has 112 valence electrons. The molecule has 0 fully saturated rings. The second-order valence-electron chi connectivity index (χ2n) is 5.41. The molecule has 0 atom stereocenters. The summed E-state index contributed by atoms with van der Waals surface area (Å²) in [5.41, 5.74) is 11.7. The Hall–Kier alpha value is -2.30. The minimum absolute atomic E-state index is 0.225. The number of nitrogen functional groups attached to an aromatic ring is 1. The Morgan fingerprint density at radius 3 is 2.33 bits per heavy atom. The minimum Gasteiger partial charge on any atom is -0.395 e. The molecule has 0 bridgehead atoms. The van der Waals surface area contributed by atoms with Crippen LogP contribution >= 0.6 is 0 Å². The van der Waals surface area contributed by atoms with Gasteiger partial charge in [0, 0.05) is 12.7 Å². The highest BCUT2D eigenvalue weighted by Gasteiger charge is 2.20. The van der Waals surface area contributed by atoms with Gasteiger partial charge in [-0.1, -0.05) is 24.6 Å². The largest absolute Gasteiger partial charge is 0.395 e. The summed E-state index contributed by atoms with van der Waals surface area (Å²) in [6.45, 7) is 7.98. The van der Waals surface area contributed by atoms with E-state index < -0.39 is 0 Å². The Morgan fingerprint density at radius 2 is 1.86 bits per heavy atom. The normalized spacial score (nSPS) is 10.7. The van der Waals surface area contributed by atoms with Crippen LogP contribution in [0.1, 0.15) is 39.8 Å². The zero-order valence-corrected chi connectivity index (χ0v) is 13.2. The van der Waals surface area contributed by atoms with E-state index in [1.165, 1.54) is 5.56 Å². The van der Waals surface area contributed by atoms with Crippen LogP contribution in [0.2, 0.25) is 0 Å². The first kappa shape index (κ1) is 15.1. The molecule has 0 radical (unpaired) electrons. The van der Waals surface area contributed by atoms with Crippen molar-refractivity contribution in [3.63, 3.8) is 0 Å². The van der Waals surface area contributed by atoms with Crippen molar-refractivity contribution in [2.45, 2.75) is 34.1 Å². The SMILES string of the molecule is CCc1nn(C)c(C(=O)Nc2c(C)cc(C)cc2C)c1N. The molecule has 0 aliphatic rings. The van der Waals surface area contributed by atoms with Gasteiger partial charge in [0.15, 0.2) is 0 Å². The number of hydrogen-bond donors (Lipinski definition) is 2. The summed E-state index contributed by atoms with van der Waals surface area (Å²) >= 11 is 0. The number of amides is 1. The summed E-state index contributed by atoms with van der Waals surface area (Å²) in [6.07, 6.45) is 0.704. The van der Waals surface area contributed by atoms with Gasteiger partial charge in [0.05, 0.1) is 11.4 Å². The smallest absolute Gasteiger partial charge is 0.276 e. The minimum atomic E-state index is -0.225. The molecular formula is C16H22N4O. The van der Waals surface area contributed by atoms with Crippen LogP contribution in [0.25, 0.3) is 0 Å². The van der Waals surface area contributed by atoms with Crippen molar-refractivity contribution in [3.05, 3.63) is 40.2 Å². The monoisotopic (exact) mass is 286 g/mol. The highest BCUT2D eigenvalue weighted by atomic mass is 16.2. The topological polar surface area (TPSA) is 72.9 Å². The number of hydrogen-bond acceptors (Lipinski definition) is 3. The molecule has 1 aromatic carbocycles. The molecule has 1 aromatic heterocycles. The van der Waals surface area contributed by atoms with Crippen molar-refractivity contribution in [2.24, 2.45) is 7.05 Å². The van der Waals surface area contributed by atoms with Gasteiger partial charge >= 0.3 is 0 Å². The van der Waals surface area contributed by atoms with Crippen molar-refractivity contribution >= 4 is 17.3 Å². The average molecular weight is 286 g/mol. The predicted octanol–water partition coefficient (Wildman–Crippen LogP) is 2.74. The third-order valence-corrected chi connectivity index (χ3v) is 3.63. The second kappa shape index (κ2) is 5.60. The fraction of sp³-hybridized carbons (Fsp3) is 0.375. The molecule has 21 heavy (non-hydrogen) atoms. The van der Waals surface area contributed by atoms with E-state index in [4.69, 9.17) is 5.73 Å². The van der Waals surface area contributed by atoms with E-state index in [1.54, 1.807) is 11.7 Å². The van der Waals surface area contributed by atoms with E-state index in [0.29, 0.717) is 17.8 Å². The molecule has 0 unspecified atom stereocenters. The van der Waals surface area contributed by atoms with Crippen LogP contribution in [-0.2, 0) is 13.5 Å². The van der Waals surface area contributed by atoms with E-state index in [-0.39, 0.29) is 5.91 Å². The van der Waals surface area contributed by atoms with Crippen LogP contribution in [0.4, 0.5) is 11.4 Å². The molecule has 0 aliphatic carbocycles. The van der Waals surface area contributed by atoms with Crippen LogP contribution < -0.4 is 11.1 Å². The maximum atomic E-state index is 12.5. The lowest BCUT2D eigenvalue weighted by atomic mass is 10.0. The summed E-state index contributed by atoms with van der Waals surface area (Å²) in [5, 5.41) is 7.24. The number of nitrogens with one attached hydrogen (secondary N) is 1. The van der Waals surface area contributed by atoms with Crippen molar-refractivity contribution in [2.75, 3.05) is 11.1 Å². The Kier molecular flexibility index (Phi) is 4.02. The molecule has 5 heteroatoms. The quantitative estimate of drug-likeness (QED) is 0.911. The van der Waals surface area contributed by atoms with Crippen LogP contribution in [0.15, 0.2) is 12.1 Å². The van der Waals surface area contributed by atoms with Gasteiger partial charge in [-0.25, -0.2) is 0 Å². The summed E-state index contributed by atoms with van der Waals surface area (Å²) in [6, 6.07) is 4.10. The maximum absolute atomic E-state index is 12.5. The van der Waals surface area contributed by atoms with E-state index in [2.05, 4.69) is 10.4 Å². The highest BCUT2D eigenvalue weighted by Crippen LogP contribution is 2.24. The van der Waals surface area contributed by atoms with Crippen LogP contribution in [0.5, 0.6) is 0 Å². The van der Waals surface area contributed by atoms with Gasteiger partial charge in [0.2, 0.25) is 0 Å². The lowest BCUT2D eigenvalue weighted by molar-refractivity contribution is 0.101. The number of rotatable bonds is 3. The Morgan fingerprint density at radius 1 is 1.29 bits per heavy atom. The summed E-state index contributed by atoms with van der Waals surface area (Å²) in [7, 11) is 1.74. The molecule has 1 heterocycles. The molecular weight excluding hydrogens is 264 g/mol. The van der Waals surface area contributed by atoms with Crippen molar-refractivity contribution < 1.29 is 4.79 Å². The first-order valence-corrected chi connectivity index (χ1v) is 7.05. The second-order valence-corrected chi connectivity index (χ2v) is 5.41. The van der Waals surface area contributed by atoms with E-state index in [9.17, 15) is 4.79 Å². The molecule has 1 amide bonds. The van der Waals surface area contributed by atoms with E-state index in [1.807, 2.05) is 39.8 Å². The first-order valence-electron chi connectivity index (χ1n) is 7.05. The molecule has 5 nitrogen and oxygen atoms in total. The van der Waals surface area contributed by atoms with Gasteiger partial charge < -0.3 is 11.1 Å². The lowest BCUT2D eigenvalue weighted by Crippen LogP contribution is -2.19. The summed E-state index contributed by atoms with van der Waals surface area (Å²) < 4.78 is 1.54. The van der Waals surface area contributed by atoms with E-state index in [0.717, 1.165) is 22.5 Å². The van der Waals surface area contributed by atoms with Crippen LogP contribution in [0.3, 0.4) is 0 Å². The van der Waals surface area contributed by atoms with E-state index >= 15 is 0 Å². The number of carbonyl (C=O) groups is 1. The van der Waals surface area contributed by atoms with Crippen molar-refractivity contribution in [1.29, 1.82) is 0 Å². The molecule has 0 spiro atoms. The molecule has 0 aliphatic heterocycles. The Labute approximate surface area is 125 Å². The molecule has 2 rings (SSSR count). The third-order valence-electron chi connectivity index (χ3n) is 3.63. The lowest BCUT2D eigenvalue weighted by Gasteiger charge is -2.13. The predicted molar refractivity (Wildman–Crippen MR) is 85.6 cm³/mol. The highest BCUT2D eigenvalue weighted by molar-refractivity contribution is 6.07. The molecule has 0 saturated carbocycles. The number of anilines is 2. The zero-order valence-electron chi connectivity index (χ0n) is 13.2. The number of aryl methyl sites for hydroxylation is 5. The standard InChI is InChI=1S/C16H22N4O/c1-6-12-13(17)15(20(5)19-12)16(21)18-14-10(3)7-9(2)8-11(14)4/h7-8H,6,17H2,1-5H3,(H,18,21). The summed E-state index contributed by atoms with van der Waals surface area (Å²) in [4.78, 5) is 12.5. The number of nitrogens with two attached hydrogens (primary N) is 1. The van der Waals surface area contributed by atoms with Gasteiger partial charge in [0.25, 0.3) is 5.91 Å². The zero-order chi connectivity index (χ0) is 15.7.